The Morgan fingerprint density at radius 3 is 2.36 bits per heavy atom. The second-order valence-electron chi connectivity index (χ2n) is 5.61. The summed E-state index contributed by atoms with van der Waals surface area (Å²) in [5.74, 6) is 0.00387. The molecular formula is C18H21NaO5S. The van der Waals surface area contributed by atoms with Crippen LogP contribution in [0.4, 0.5) is 0 Å². The molecular weight excluding hydrogens is 351 g/mol. The molecule has 0 aliphatic heterocycles. The van der Waals surface area contributed by atoms with Crippen molar-refractivity contribution in [2.75, 3.05) is 0 Å². The second kappa shape index (κ2) is 10.2. The van der Waals surface area contributed by atoms with Gasteiger partial charge in [0.05, 0.1) is 0 Å². The summed E-state index contributed by atoms with van der Waals surface area (Å²) < 4.78 is 38.5. The Morgan fingerprint density at radius 2 is 1.76 bits per heavy atom. The van der Waals surface area contributed by atoms with E-state index in [2.05, 4.69) is 6.92 Å². The predicted molar refractivity (Wildman–Crippen MR) is 90.1 cm³/mol. The third-order valence-electron chi connectivity index (χ3n) is 3.65. The minimum atomic E-state index is -4.56. The van der Waals surface area contributed by atoms with Crippen LogP contribution in [0.15, 0.2) is 47.4 Å². The van der Waals surface area contributed by atoms with Crippen LogP contribution < -0.4 is 39.4 Å². The van der Waals surface area contributed by atoms with Crippen LogP contribution in [-0.2, 0) is 16.5 Å². The SMILES string of the molecule is CCCCCCc1cc([O-])cc(S(=O)(=O)O)c1Oc1ccccc1.[Na+]. The Balaban J connectivity index is 0.00000312. The number of rotatable bonds is 8. The maximum atomic E-state index is 11.8. The van der Waals surface area contributed by atoms with E-state index in [0.717, 1.165) is 31.7 Å². The van der Waals surface area contributed by atoms with E-state index in [0.29, 0.717) is 17.7 Å². The van der Waals surface area contributed by atoms with E-state index in [-0.39, 0.29) is 35.3 Å². The molecule has 25 heavy (non-hydrogen) atoms. The molecule has 0 spiro atoms. The second-order valence-corrected chi connectivity index (χ2v) is 7.00. The molecule has 2 aromatic rings. The van der Waals surface area contributed by atoms with E-state index in [1.807, 2.05) is 6.07 Å². The molecule has 2 rings (SSSR count). The maximum absolute atomic E-state index is 11.8. The average Bonchev–Trinajstić information content (AvgIpc) is 2.53. The Labute approximate surface area is 171 Å². The van der Waals surface area contributed by atoms with Gasteiger partial charge in [-0.3, -0.25) is 4.55 Å². The van der Waals surface area contributed by atoms with Gasteiger partial charge in [0, 0.05) is 0 Å². The molecule has 0 amide bonds. The summed E-state index contributed by atoms with van der Waals surface area (Å²) in [4.78, 5) is -0.482. The first-order chi connectivity index (χ1) is 11.4. The Bertz CT molecular complexity index is 776. The molecule has 0 saturated carbocycles. The summed E-state index contributed by atoms with van der Waals surface area (Å²) in [6, 6.07) is 10.9. The first-order valence-electron chi connectivity index (χ1n) is 7.96. The fourth-order valence-electron chi connectivity index (χ4n) is 2.47. The molecule has 0 heterocycles. The quantitative estimate of drug-likeness (QED) is 0.423. The van der Waals surface area contributed by atoms with Gasteiger partial charge in [0.25, 0.3) is 10.1 Å². The van der Waals surface area contributed by atoms with Crippen molar-refractivity contribution in [1.82, 2.24) is 0 Å². The fourth-order valence-corrected chi connectivity index (χ4v) is 3.15. The van der Waals surface area contributed by atoms with Crippen molar-refractivity contribution < 1.29 is 52.4 Å². The fraction of sp³-hybridized carbons (Fsp3) is 0.333. The van der Waals surface area contributed by atoms with Gasteiger partial charge in [-0.2, -0.15) is 8.42 Å². The van der Waals surface area contributed by atoms with Crippen LogP contribution in [0.5, 0.6) is 17.2 Å². The van der Waals surface area contributed by atoms with E-state index in [4.69, 9.17) is 4.74 Å². The number of hydrogen-bond donors (Lipinski definition) is 1. The summed E-state index contributed by atoms with van der Waals surface area (Å²) in [6.45, 7) is 2.10. The van der Waals surface area contributed by atoms with Crippen molar-refractivity contribution in [2.45, 2.75) is 43.9 Å². The number of aryl methyl sites for hydroxylation is 1. The van der Waals surface area contributed by atoms with Crippen molar-refractivity contribution >= 4 is 10.1 Å². The molecule has 0 unspecified atom stereocenters. The Morgan fingerprint density at radius 1 is 1.08 bits per heavy atom. The Hall–Kier alpha value is -1.05. The van der Waals surface area contributed by atoms with Gasteiger partial charge >= 0.3 is 29.6 Å². The molecule has 0 aliphatic rings. The van der Waals surface area contributed by atoms with Crippen LogP contribution in [-0.4, -0.2) is 13.0 Å². The van der Waals surface area contributed by atoms with Gasteiger partial charge in [-0.15, -0.1) is 5.75 Å². The molecule has 0 radical (unpaired) electrons. The summed E-state index contributed by atoms with van der Waals surface area (Å²) in [5, 5.41) is 11.8. The molecule has 7 heteroatoms. The van der Waals surface area contributed by atoms with Crippen molar-refractivity contribution in [3.63, 3.8) is 0 Å². The van der Waals surface area contributed by atoms with Crippen LogP contribution in [0, 0.1) is 0 Å². The zero-order chi connectivity index (χ0) is 17.6. The zero-order valence-corrected chi connectivity index (χ0v) is 17.4. The van der Waals surface area contributed by atoms with E-state index in [9.17, 15) is 18.1 Å². The van der Waals surface area contributed by atoms with Gasteiger partial charge in [0.2, 0.25) is 0 Å². The molecule has 1 N–H and O–H groups in total. The van der Waals surface area contributed by atoms with Crippen molar-refractivity contribution in [1.29, 1.82) is 0 Å². The maximum Gasteiger partial charge on any atom is 1.00 e. The zero-order valence-electron chi connectivity index (χ0n) is 14.6. The van der Waals surface area contributed by atoms with E-state index < -0.39 is 20.8 Å². The predicted octanol–water partition coefficient (Wildman–Crippen LogP) is 0.926. The van der Waals surface area contributed by atoms with Gasteiger partial charge in [0.15, 0.2) is 5.75 Å². The molecule has 130 valence electrons. The van der Waals surface area contributed by atoms with Crippen LogP contribution in [0.2, 0.25) is 0 Å². The molecule has 0 fully saturated rings. The van der Waals surface area contributed by atoms with E-state index in [1.54, 1.807) is 24.3 Å². The minimum absolute atomic E-state index is 0. The summed E-state index contributed by atoms with van der Waals surface area (Å²) >= 11 is 0. The number of benzene rings is 2. The third-order valence-corrected chi connectivity index (χ3v) is 4.51. The molecule has 0 bridgehead atoms. The van der Waals surface area contributed by atoms with Crippen molar-refractivity contribution in [2.24, 2.45) is 0 Å². The molecule has 0 atom stereocenters. The summed E-state index contributed by atoms with van der Waals surface area (Å²) in [7, 11) is -4.56. The summed E-state index contributed by atoms with van der Waals surface area (Å²) in [5.41, 5.74) is 0.495. The largest absolute Gasteiger partial charge is 1.00 e. The number of hydrogen-bond acceptors (Lipinski definition) is 4. The molecule has 0 saturated heterocycles. The third kappa shape index (κ3) is 6.64. The van der Waals surface area contributed by atoms with E-state index >= 15 is 0 Å². The van der Waals surface area contributed by atoms with Gasteiger partial charge < -0.3 is 9.84 Å². The molecule has 0 aromatic heterocycles. The monoisotopic (exact) mass is 372 g/mol. The van der Waals surface area contributed by atoms with Gasteiger partial charge in [0.1, 0.15) is 10.6 Å². The van der Waals surface area contributed by atoms with Crippen molar-refractivity contribution in [3.05, 3.63) is 48.0 Å². The standard InChI is InChI=1S/C18H22O5S.Na/c1-2-3-4-6-9-14-12-15(19)13-17(24(20,21)22)18(14)23-16-10-7-5-8-11-16;/h5,7-8,10-13,19H,2-4,6,9H2,1H3,(H,20,21,22);/q;+1/p-1. The number of ether oxygens (including phenoxy) is 1. The first-order valence-corrected chi connectivity index (χ1v) is 9.40. The van der Waals surface area contributed by atoms with Crippen LogP contribution in [0.3, 0.4) is 0 Å². The average molecular weight is 372 g/mol. The van der Waals surface area contributed by atoms with E-state index in [1.165, 1.54) is 6.07 Å². The van der Waals surface area contributed by atoms with Crippen LogP contribution in [0.25, 0.3) is 0 Å². The molecule has 2 aromatic carbocycles. The van der Waals surface area contributed by atoms with Gasteiger partial charge in [-0.25, -0.2) is 0 Å². The summed E-state index contributed by atoms with van der Waals surface area (Å²) in [6.07, 6.45) is 4.45. The topological polar surface area (TPSA) is 86.7 Å². The van der Waals surface area contributed by atoms with Crippen molar-refractivity contribution in [3.8, 4) is 17.2 Å². The normalized spacial score (nSPS) is 11.0. The number of para-hydroxylation sites is 1. The minimum Gasteiger partial charge on any atom is -0.872 e. The first kappa shape index (κ1) is 22.0. The molecule has 0 aliphatic carbocycles. The van der Waals surface area contributed by atoms with Crippen LogP contribution >= 0.6 is 0 Å². The van der Waals surface area contributed by atoms with Gasteiger partial charge in [-0.05, 0) is 36.6 Å². The molecule has 5 nitrogen and oxygen atoms in total. The van der Waals surface area contributed by atoms with Crippen LogP contribution in [0.1, 0.15) is 38.2 Å². The smallest absolute Gasteiger partial charge is 0.872 e. The number of unbranched alkanes of at least 4 members (excludes halogenated alkanes) is 3. The Kier molecular flexibility index (Phi) is 8.96. The van der Waals surface area contributed by atoms with Gasteiger partial charge in [-0.1, -0.05) is 50.5 Å².